The first-order valence-corrected chi connectivity index (χ1v) is 9.66. The standard InChI is InChI=1S/C22H16F3N3O6/c1-2-28(17-7-8-18(32-23)21(34-25)20(17)33-24)22(31)13(10-26)9-14-11-27(12-19(29)30)16-6-4-3-5-15(14)16/h3-9,11H,2,12H2,1H3,(H,29,30)/b13-9+. The number of carbonyl (C=O) groups is 2. The van der Waals surface area contributed by atoms with Gasteiger partial charge in [0.15, 0.2) is 0 Å². The maximum atomic E-state index is 13.2. The predicted molar refractivity (Wildman–Crippen MR) is 113 cm³/mol. The largest absolute Gasteiger partial charge is 0.480 e. The Kier molecular flexibility index (Phi) is 7.27. The topological polar surface area (TPSA) is 114 Å². The lowest BCUT2D eigenvalue weighted by Crippen LogP contribution is -2.31. The molecule has 9 nitrogen and oxygen atoms in total. The summed E-state index contributed by atoms with van der Waals surface area (Å²) in [6.07, 6.45) is 2.71. The zero-order valence-electron chi connectivity index (χ0n) is 17.5. The number of halogens is 3. The molecule has 3 rings (SSSR count). The monoisotopic (exact) mass is 475 g/mol. The van der Waals surface area contributed by atoms with E-state index < -0.39 is 34.7 Å². The molecule has 1 aromatic heterocycles. The van der Waals surface area contributed by atoms with Gasteiger partial charge in [0.2, 0.25) is 11.5 Å². The van der Waals surface area contributed by atoms with Gasteiger partial charge < -0.3 is 14.6 Å². The fraction of sp³-hybridized carbons (Fsp3) is 0.136. The van der Waals surface area contributed by atoms with Crippen LogP contribution in [0.1, 0.15) is 12.5 Å². The van der Waals surface area contributed by atoms with E-state index in [4.69, 9.17) is 5.11 Å². The number of amides is 1. The van der Waals surface area contributed by atoms with Gasteiger partial charge in [-0.3, -0.25) is 24.4 Å². The van der Waals surface area contributed by atoms with Gasteiger partial charge in [-0.2, -0.15) is 5.26 Å². The minimum absolute atomic E-state index is 0.128. The first-order valence-electron chi connectivity index (χ1n) is 9.66. The van der Waals surface area contributed by atoms with Crippen LogP contribution in [0.15, 0.2) is 48.2 Å². The molecule has 0 aliphatic carbocycles. The summed E-state index contributed by atoms with van der Waals surface area (Å²) >= 11 is 0. The Balaban J connectivity index is 2.10. The first kappa shape index (κ1) is 24.0. The lowest BCUT2D eigenvalue weighted by atomic mass is 10.1. The lowest BCUT2D eigenvalue weighted by Gasteiger charge is -2.22. The van der Waals surface area contributed by atoms with Crippen molar-refractivity contribution in [2.45, 2.75) is 13.5 Å². The van der Waals surface area contributed by atoms with Crippen molar-refractivity contribution in [1.82, 2.24) is 4.57 Å². The quantitative estimate of drug-likeness (QED) is 0.359. The van der Waals surface area contributed by atoms with Gasteiger partial charge in [0, 0.05) is 42.8 Å². The van der Waals surface area contributed by atoms with Crippen LogP contribution in [0.4, 0.5) is 19.3 Å². The van der Waals surface area contributed by atoms with Gasteiger partial charge in [-0.05, 0) is 31.2 Å². The van der Waals surface area contributed by atoms with Crippen LogP contribution >= 0.6 is 0 Å². The molecule has 176 valence electrons. The van der Waals surface area contributed by atoms with Crippen molar-refractivity contribution in [3.63, 3.8) is 0 Å². The van der Waals surface area contributed by atoms with E-state index in [1.54, 1.807) is 30.3 Å². The molecule has 0 saturated carbocycles. The molecule has 12 heteroatoms. The molecule has 1 N–H and O–H groups in total. The molecule has 1 heterocycles. The molecule has 0 saturated heterocycles. The van der Waals surface area contributed by atoms with Crippen molar-refractivity contribution >= 4 is 34.5 Å². The Morgan fingerprint density at radius 1 is 1.12 bits per heavy atom. The van der Waals surface area contributed by atoms with Gasteiger partial charge >= 0.3 is 5.97 Å². The average Bonchev–Trinajstić information content (AvgIpc) is 3.18. The van der Waals surface area contributed by atoms with Crippen molar-refractivity contribution in [3.05, 3.63) is 53.7 Å². The van der Waals surface area contributed by atoms with Crippen LogP contribution < -0.4 is 19.7 Å². The van der Waals surface area contributed by atoms with E-state index in [-0.39, 0.29) is 18.8 Å². The molecule has 2 aromatic carbocycles. The van der Waals surface area contributed by atoms with Crippen molar-refractivity contribution < 1.29 is 43.1 Å². The highest BCUT2D eigenvalue weighted by molar-refractivity contribution is 6.13. The van der Waals surface area contributed by atoms with E-state index in [0.29, 0.717) is 16.5 Å². The van der Waals surface area contributed by atoms with E-state index in [2.05, 4.69) is 14.8 Å². The SMILES string of the molecule is CCN(C(=O)/C(C#N)=C/c1cn(CC(=O)O)c2ccccc12)c1ccc(OF)c(OF)c1OF. The number of benzene rings is 2. The van der Waals surface area contributed by atoms with Crippen molar-refractivity contribution in [3.8, 4) is 23.3 Å². The summed E-state index contributed by atoms with van der Waals surface area (Å²) in [7, 11) is 0. The summed E-state index contributed by atoms with van der Waals surface area (Å²) in [6, 6.07) is 10.4. The number of aromatic nitrogens is 1. The molecule has 0 spiro atoms. The average molecular weight is 475 g/mol. The normalized spacial score (nSPS) is 11.1. The maximum absolute atomic E-state index is 13.2. The van der Waals surface area contributed by atoms with Crippen molar-refractivity contribution in [2.24, 2.45) is 0 Å². The zero-order chi connectivity index (χ0) is 24.8. The van der Waals surface area contributed by atoms with Crippen molar-refractivity contribution in [1.29, 1.82) is 5.26 Å². The Hall–Kier alpha value is -4.66. The maximum Gasteiger partial charge on any atom is 0.323 e. The van der Waals surface area contributed by atoms with Crippen LogP contribution in [0.5, 0.6) is 17.2 Å². The number of para-hydroxylation sites is 1. The highest BCUT2D eigenvalue weighted by Crippen LogP contribution is 2.45. The van der Waals surface area contributed by atoms with Gasteiger partial charge in [-0.15, -0.1) is 0 Å². The highest BCUT2D eigenvalue weighted by atomic mass is 19.3. The molecular weight excluding hydrogens is 459 g/mol. The Labute approximate surface area is 190 Å². The zero-order valence-corrected chi connectivity index (χ0v) is 17.5. The minimum Gasteiger partial charge on any atom is -0.480 e. The Morgan fingerprint density at radius 2 is 1.82 bits per heavy atom. The number of fused-ring (bicyclic) bond motifs is 1. The molecule has 0 aliphatic heterocycles. The number of carboxylic acids is 1. The van der Waals surface area contributed by atoms with Gasteiger partial charge in [0.05, 0.1) is 5.69 Å². The minimum atomic E-state index is -1.09. The number of hydrogen-bond donors (Lipinski definition) is 1. The van der Waals surface area contributed by atoms with Crippen LogP contribution in [-0.4, -0.2) is 28.1 Å². The number of nitriles is 1. The van der Waals surface area contributed by atoms with Crippen LogP contribution in [0.25, 0.3) is 17.0 Å². The summed E-state index contributed by atoms with van der Waals surface area (Å²) in [4.78, 5) is 35.7. The van der Waals surface area contributed by atoms with Gasteiger partial charge in [0.1, 0.15) is 18.2 Å². The van der Waals surface area contributed by atoms with E-state index in [9.17, 15) is 28.4 Å². The molecule has 34 heavy (non-hydrogen) atoms. The van der Waals surface area contributed by atoms with Crippen LogP contribution in [0.3, 0.4) is 0 Å². The molecule has 0 bridgehead atoms. The summed E-state index contributed by atoms with van der Waals surface area (Å²) < 4.78 is 40.2. The molecule has 0 aliphatic rings. The lowest BCUT2D eigenvalue weighted by molar-refractivity contribution is -0.137. The van der Waals surface area contributed by atoms with Gasteiger partial charge in [-0.25, -0.2) is 0 Å². The number of rotatable bonds is 9. The fourth-order valence-corrected chi connectivity index (χ4v) is 3.49. The third-order valence-corrected chi connectivity index (χ3v) is 4.92. The molecule has 0 atom stereocenters. The predicted octanol–water partition coefficient (Wildman–Crippen LogP) is 4.48. The van der Waals surface area contributed by atoms with Crippen molar-refractivity contribution in [2.75, 3.05) is 11.4 Å². The second-order valence-electron chi connectivity index (χ2n) is 6.81. The summed E-state index contributed by atoms with van der Waals surface area (Å²) in [5.74, 6) is -4.92. The molecule has 3 aromatic rings. The van der Waals surface area contributed by atoms with E-state index in [1.807, 2.05) is 0 Å². The highest BCUT2D eigenvalue weighted by Gasteiger charge is 2.28. The number of hydrogen-bond acceptors (Lipinski definition) is 6. The molecule has 0 radical (unpaired) electrons. The van der Waals surface area contributed by atoms with E-state index >= 15 is 0 Å². The summed E-state index contributed by atoms with van der Waals surface area (Å²) in [5, 5.41) is 19.4. The second kappa shape index (κ2) is 10.3. The smallest absolute Gasteiger partial charge is 0.323 e. The number of aliphatic carboxylic acids is 1. The Morgan fingerprint density at radius 3 is 2.41 bits per heavy atom. The number of likely N-dealkylation sites (N-methyl/N-ethyl adjacent to an activating group) is 1. The van der Waals surface area contributed by atoms with Crippen LogP contribution in [0.2, 0.25) is 0 Å². The van der Waals surface area contributed by atoms with Crippen LogP contribution in [0, 0.1) is 11.3 Å². The molecule has 0 fully saturated rings. The summed E-state index contributed by atoms with van der Waals surface area (Å²) in [5.41, 5.74) is 0.179. The number of carbonyl (C=O) groups excluding carboxylic acids is 1. The summed E-state index contributed by atoms with van der Waals surface area (Å²) in [6.45, 7) is 1.01. The van der Waals surface area contributed by atoms with Crippen LogP contribution in [-0.2, 0) is 16.1 Å². The third kappa shape index (κ3) is 4.44. The molecule has 1 amide bonds. The number of nitrogens with zero attached hydrogens (tertiary/aromatic N) is 3. The number of carboxylic acid groups (broad SMARTS) is 1. The van der Waals surface area contributed by atoms with Gasteiger partial charge in [-0.1, -0.05) is 18.2 Å². The second-order valence-corrected chi connectivity index (χ2v) is 6.81. The molecular formula is C22H16F3N3O6. The fourth-order valence-electron chi connectivity index (χ4n) is 3.49. The Bertz CT molecular complexity index is 1320. The number of anilines is 1. The van der Waals surface area contributed by atoms with Gasteiger partial charge in [0.25, 0.3) is 11.7 Å². The van der Waals surface area contributed by atoms with E-state index in [0.717, 1.165) is 17.0 Å². The third-order valence-electron chi connectivity index (χ3n) is 4.92. The first-order chi connectivity index (χ1) is 16.4. The molecule has 0 unspecified atom stereocenters. The van der Waals surface area contributed by atoms with E-state index in [1.165, 1.54) is 23.8 Å².